The minimum absolute atomic E-state index is 0.00363. The molecule has 0 bridgehead atoms. The monoisotopic (exact) mass is 404 g/mol. The van der Waals surface area contributed by atoms with Crippen molar-refractivity contribution >= 4 is 17.5 Å². The van der Waals surface area contributed by atoms with Crippen LogP contribution in [0.25, 0.3) is 0 Å². The van der Waals surface area contributed by atoms with Gasteiger partial charge in [0.2, 0.25) is 0 Å². The van der Waals surface area contributed by atoms with E-state index in [9.17, 15) is 9.59 Å². The number of nitrogens with one attached hydrogen (secondary N) is 1. The first kappa shape index (κ1) is 21.3. The topological polar surface area (TPSA) is 67.2 Å². The van der Waals surface area contributed by atoms with E-state index in [1.807, 2.05) is 62.7 Å². The summed E-state index contributed by atoms with van der Waals surface area (Å²) >= 11 is 0. The molecule has 6 heteroatoms. The highest BCUT2D eigenvalue weighted by molar-refractivity contribution is 6.04. The Morgan fingerprint density at radius 2 is 1.53 bits per heavy atom. The van der Waals surface area contributed by atoms with Crippen molar-refractivity contribution < 1.29 is 9.59 Å². The maximum Gasteiger partial charge on any atom is 0.255 e. The van der Waals surface area contributed by atoms with Gasteiger partial charge in [-0.15, -0.1) is 0 Å². The molecule has 0 radical (unpaired) electrons. The third kappa shape index (κ3) is 4.95. The molecule has 0 fully saturated rings. The Bertz CT molecular complexity index is 1020. The van der Waals surface area contributed by atoms with Crippen LogP contribution in [0.3, 0.4) is 0 Å². The average molecular weight is 405 g/mol. The Morgan fingerprint density at radius 3 is 2.07 bits per heavy atom. The molecule has 0 saturated carbocycles. The minimum Gasteiger partial charge on any atom is -0.339 e. The standard InChI is InChI=1S/C24H28N4O2/c1-5-27(6-2)24(30)21-11-13-22(14-12-21)25-23(29)20-9-7-19(8-10-20)16-28-18(4)15-17(3)26-28/h7-15H,5-6,16H2,1-4H3,(H,25,29). The first-order chi connectivity index (χ1) is 14.4. The molecule has 30 heavy (non-hydrogen) atoms. The van der Waals surface area contributed by atoms with Crippen LogP contribution in [0.2, 0.25) is 0 Å². The Hall–Kier alpha value is -3.41. The van der Waals surface area contributed by atoms with Gasteiger partial charge in [0.15, 0.2) is 0 Å². The summed E-state index contributed by atoms with van der Waals surface area (Å²) in [6.45, 7) is 9.93. The Morgan fingerprint density at radius 1 is 0.933 bits per heavy atom. The van der Waals surface area contributed by atoms with Crippen molar-refractivity contribution in [3.63, 3.8) is 0 Å². The molecule has 0 saturated heterocycles. The summed E-state index contributed by atoms with van der Waals surface area (Å²) in [5.74, 6) is -0.188. The quantitative estimate of drug-likeness (QED) is 0.639. The lowest BCUT2D eigenvalue weighted by Gasteiger charge is -2.18. The molecule has 0 aliphatic carbocycles. The molecule has 2 aromatic carbocycles. The first-order valence-electron chi connectivity index (χ1n) is 10.2. The van der Waals surface area contributed by atoms with Gasteiger partial charge in [-0.1, -0.05) is 12.1 Å². The van der Waals surface area contributed by atoms with Crippen molar-refractivity contribution in [3.8, 4) is 0 Å². The number of carbonyl (C=O) groups is 2. The number of aromatic nitrogens is 2. The van der Waals surface area contributed by atoms with E-state index in [-0.39, 0.29) is 11.8 Å². The predicted octanol–water partition coefficient (Wildman–Crippen LogP) is 4.28. The molecule has 2 amide bonds. The van der Waals surface area contributed by atoms with Crippen molar-refractivity contribution in [2.24, 2.45) is 0 Å². The number of benzene rings is 2. The molecular formula is C24H28N4O2. The van der Waals surface area contributed by atoms with Gasteiger partial charge in [-0.3, -0.25) is 14.3 Å². The summed E-state index contributed by atoms with van der Waals surface area (Å²) in [5.41, 5.74) is 5.03. The van der Waals surface area contributed by atoms with Crippen molar-refractivity contribution in [1.82, 2.24) is 14.7 Å². The van der Waals surface area contributed by atoms with Gasteiger partial charge < -0.3 is 10.2 Å². The number of amides is 2. The zero-order valence-electron chi connectivity index (χ0n) is 18.0. The summed E-state index contributed by atoms with van der Waals surface area (Å²) in [6, 6.07) is 16.6. The number of rotatable bonds is 7. The summed E-state index contributed by atoms with van der Waals surface area (Å²) in [4.78, 5) is 26.7. The Labute approximate surface area is 177 Å². The van der Waals surface area contributed by atoms with Crippen molar-refractivity contribution in [1.29, 1.82) is 0 Å². The number of hydrogen-bond acceptors (Lipinski definition) is 3. The van der Waals surface area contributed by atoms with Crippen LogP contribution in [-0.2, 0) is 6.54 Å². The summed E-state index contributed by atoms with van der Waals surface area (Å²) in [5, 5.41) is 7.35. The van der Waals surface area contributed by atoms with Crippen LogP contribution in [0.1, 0.15) is 51.5 Å². The zero-order chi connectivity index (χ0) is 21.7. The average Bonchev–Trinajstić information content (AvgIpc) is 3.06. The number of anilines is 1. The first-order valence-corrected chi connectivity index (χ1v) is 10.2. The number of hydrogen-bond donors (Lipinski definition) is 1. The largest absolute Gasteiger partial charge is 0.339 e. The molecule has 0 unspecified atom stereocenters. The minimum atomic E-state index is -0.185. The lowest BCUT2D eigenvalue weighted by atomic mass is 10.1. The third-order valence-corrected chi connectivity index (χ3v) is 5.09. The predicted molar refractivity (Wildman–Crippen MR) is 119 cm³/mol. The highest BCUT2D eigenvalue weighted by atomic mass is 16.2. The lowest BCUT2D eigenvalue weighted by Crippen LogP contribution is -2.30. The van der Waals surface area contributed by atoms with E-state index in [2.05, 4.69) is 10.4 Å². The Balaban J connectivity index is 1.63. The third-order valence-electron chi connectivity index (χ3n) is 5.09. The van der Waals surface area contributed by atoms with E-state index in [0.29, 0.717) is 36.4 Å². The van der Waals surface area contributed by atoms with Gasteiger partial charge in [0.1, 0.15) is 0 Å². The molecule has 1 N–H and O–H groups in total. The molecule has 3 aromatic rings. The molecule has 0 atom stereocenters. The molecule has 3 rings (SSSR count). The normalized spacial score (nSPS) is 10.7. The highest BCUT2D eigenvalue weighted by Crippen LogP contribution is 2.14. The van der Waals surface area contributed by atoms with Gasteiger partial charge in [0.05, 0.1) is 12.2 Å². The van der Waals surface area contributed by atoms with Crippen molar-refractivity contribution in [2.75, 3.05) is 18.4 Å². The van der Waals surface area contributed by atoms with Crippen LogP contribution in [0.4, 0.5) is 5.69 Å². The SMILES string of the molecule is CCN(CC)C(=O)c1ccc(NC(=O)c2ccc(Cn3nc(C)cc3C)cc2)cc1. The van der Waals surface area contributed by atoms with Crippen molar-refractivity contribution in [2.45, 2.75) is 34.2 Å². The second-order valence-corrected chi connectivity index (χ2v) is 7.29. The molecule has 1 heterocycles. The van der Waals surface area contributed by atoms with Gasteiger partial charge in [0, 0.05) is 35.6 Å². The Kier molecular flexibility index (Phi) is 6.67. The zero-order valence-corrected chi connectivity index (χ0v) is 18.0. The van der Waals surface area contributed by atoms with Gasteiger partial charge in [-0.2, -0.15) is 5.10 Å². The molecule has 0 spiro atoms. The van der Waals surface area contributed by atoms with Crippen LogP contribution in [0, 0.1) is 13.8 Å². The van der Waals surface area contributed by atoms with E-state index >= 15 is 0 Å². The van der Waals surface area contributed by atoms with E-state index in [4.69, 9.17) is 0 Å². The molecule has 6 nitrogen and oxygen atoms in total. The molecule has 0 aliphatic rings. The molecule has 156 valence electrons. The number of carbonyl (C=O) groups excluding carboxylic acids is 2. The molecule has 0 aliphatic heterocycles. The smallest absolute Gasteiger partial charge is 0.255 e. The number of nitrogens with zero attached hydrogens (tertiary/aromatic N) is 3. The fourth-order valence-electron chi connectivity index (χ4n) is 3.36. The van der Waals surface area contributed by atoms with Crippen molar-refractivity contribution in [3.05, 3.63) is 82.7 Å². The second-order valence-electron chi connectivity index (χ2n) is 7.29. The van der Waals surface area contributed by atoms with Gasteiger partial charge in [0.25, 0.3) is 11.8 Å². The maximum atomic E-state index is 12.6. The highest BCUT2D eigenvalue weighted by Gasteiger charge is 2.13. The lowest BCUT2D eigenvalue weighted by molar-refractivity contribution is 0.0773. The van der Waals surface area contributed by atoms with E-state index in [1.54, 1.807) is 29.2 Å². The maximum absolute atomic E-state index is 12.6. The van der Waals surface area contributed by atoms with Gasteiger partial charge in [-0.05, 0) is 75.7 Å². The summed E-state index contributed by atoms with van der Waals surface area (Å²) < 4.78 is 1.95. The fourth-order valence-corrected chi connectivity index (χ4v) is 3.36. The molecular weight excluding hydrogens is 376 g/mol. The van der Waals surface area contributed by atoms with Crippen LogP contribution in [0.5, 0.6) is 0 Å². The van der Waals surface area contributed by atoms with E-state index < -0.39 is 0 Å². The van der Waals surface area contributed by atoms with Crippen LogP contribution < -0.4 is 5.32 Å². The fraction of sp³-hybridized carbons (Fsp3) is 0.292. The van der Waals surface area contributed by atoms with Gasteiger partial charge in [-0.25, -0.2) is 0 Å². The second kappa shape index (κ2) is 9.39. The van der Waals surface area contributed by atoms with Crippen LogP contribution in [-0.4, -0.2) is 39.6 Å². The van der Waals surface area contributed by atoms with Crippen LogP contribution in [0.15, 0.2) is 54.6 Å². The number of aryl methyl sites for hydroxylation is 2. The van der Waals surface area contributed by atoms with Crippen LogP contribution >= 0.6 is 0 Å². The van der Waals surface area contributed by atoms with E-state index in [1.165, 1.54) is 0 Å². The summed E-state index contributed by atoms with van der Waals surface area (Å²) in [7, 11) is 0. The summed E-state index contributed by atoms with van der Waals surface area (Å²) in [6.07, 6.45) is 0. The van der Waals surface area contributed by atoms with Gasteiger partial charge >= 0.3 is 0 Å². The van der Waals surface area contributed by atoms with E-state index in [0.717, 1.165) is 17.0 Å². The molecule has 1 aromatic heterocycles.